The van der Waals surface area contributed by atoms with Crippen LogP contribution in [0.1, 0.15) is 25.0 Å². The van der Waals surface area contributed by atoms with Crippen molar-refractivity contribution in [2.45, 2.75) is 19.3 Å². The molecule has 0 saturated heterocycles. The quantitative estimate of drug-likeness (QED) is 0.178. The second kappa shape index (κ2) is 12.0. The number of thiophene rings is 2. The maximum absolute atomic E-state index is 5.53. The molecule has 0 saturated carbocycles. The van der Waals surface area contributed by atoms with Gasteiger partial charge in [0.25, 0.3) is 0 Å². The summed E-state index contributed by atoms with van der Waals surface area (Å²) < 4.78 is 9.64. The van der Waals surface area contributed by atoms with Crippen LogP contribution in [0, 0.1) is 0 Å². The molecule has 61 heavy (non-hydrogen) atoms. The number of hydrogen-bond donors (Lipinski definition) is 0. The minimum Gasteiger partial charge on any atom is -0.278 e. The lowest BCUT2D eigenvalue weighted by molar-refractivity contribution is 0.660. The van der Waals surface area contributed by atoms with Crippen molar-refractivity contribution >= 4 is 107 Å². The van der Waals surface area contributed by atoms with E-state index in [-0.39, 0.29) is 5.41 Å². The molecule has 14 rings (SSSR count). The van der Waals surface area contributed by atoms with Gasteiger partial charge in [-0.05, 0) is 64.7 Å². The molecule has 0 amide bonds. The minimum absolute atomic E-state index is 0.175. The van der Waals surface area contributed by atoms with Gasteiger partial charge >= 0.3 is 0 Å². The molecule has 0 aliphatic heterocycles. The van der Waals surface area contributed by atoms with Gasteiger partial charge in [-0.15, -0.1) is 22.7 Å². The molecule has 0 radical (unpaired) electrons. The van der Waals surface area contributed by atoms with Gasteiger partial charge in [-0.25, -0.2) is 0 Å². The Morgan fingerprint density at radius 1 is 0.410 bits per heavy atom. The summed E-state index contributed by atoms with van der Waals surface area (Å²) in [6.45, 7) is 4.65. The molecule has 8 aromatic carbocycles. The first-order valence-electron chi connectivity index (χ1n) is 20.7. The van der Waals surface area contributed by atoms with Gasteiger partial charge in [-0.2, -0.15) is 15.0 Å². The first-order valence-corrected chi connectivity index (χ1v) is 22.3. The summed E-state index contributed by atoms with van der Waals surface area (Å²) in [4.78, 5) is 16.5. The molecule has 0 unspecified atom stereocenters. The number of rotatable bonds is 3. The molecule has 286 valence electrons. The van der Waals surface area contributed by atoms with Crippen LogP contribution in [0.5, 0.6) is 0 Å². The number of fused-ring (bicyclic) bond motifs is 17. The smallest absolute Gasteiger partial charge is 0.240 e. The lowest BCUT2D eigenvalue weighted by atomic mass is 9.82. The standard InChI is InChI=1S/C54H33N5S2/c1-54(2)39-18-8-3-13-31(39)32-24-23-30(29-40(32)54)51-55-52(58-41-19-9-4-16-37(41)47-43(58)27-25-35-33-14-6-11-21-45(33)60-49(35)47)57-53(56-51)59-42-20-10-5-17-38(42)48-44(59)28-26-36-34-15-7-12-22-46(34)61-50(36)48/h3-29H,1-2H3. The van der Waals surface area contributed by atoms with E-state index in [1.807, 2.05) is 22.7 Å². The highest BCUT2D eigenvalue weighted by molar-refractivity contribution is 7.27. The third-order valence-electron chi connectivity index (χ3n) is 13.2. The predicted octanol–water partition coefficient (Wildman–Crippen LogP) is 14.8. The van der Waals surface area contributed by atoms with Crippen LogP contribution in [-0.4, -0.2) is 24.1 Å². The first-order chi connectivity index (χ1) is 30.0. The SMILES string of the molecule is CC1(C)c2ccccc2-c2ccc(-c3nc(-n4c5ccccc5c5c6sc7ccccc7c6ccc54)nc(-n4c5ccccc5c5c6sc7ccccc7c6ccc54)n3)cc21. The highest BCUT2D eigenvalue weighted by Crippen LogP contribution is 2.50. The summed E-state index contributed by atoms with van der Waals surface area (Å²) in [5.74, 6) is 1.81. The highest BCUT2D eigenvalue weighted by Gasteiger charge is 2.35. The summed E-state index contributed by atoms with van der Waals surface area (Å²) in [7, 11) is 0. The van der Waals surface area contributed by atoms with E-state index in [1.54, 1.807) is 0 Å². The Bertz CT molecular complexity index is 3840. The molecular formula is C54H33N5S2. The second-order valence-electron chi connectivity index (χ2n) is 16.8. The predicted molar refractivity (Wildman–Crippen MR) is 257 cm³/mol. The molecule has 5 nitrogen and oxygen atoms in total. The van der Waals surface area contributed by atoms with E-state index in [0.717, 1.165) is 27.6 Å². The zero-order valence-corrected chi connectivity index (χ0v) is 34.8. The van der Waals surface area contributed by atoms with E-state index in [9.17, 15) is 0 Å². The maximum Gasteiger partial charge on any atom is 0.240 e. The van der Waals surface area contributed by atoms with Crippen molar-refractivity contribution < 1.29 is 0 Å². The Labute approximate surface area is 357 Å². The van der Waals surface area contributed by atoms with Gasteiger partial charge in [0.1, 0.15) is 0 Å². The van der Waals surface area contributed by atoms with Gasteiger partial charge in [0.05, 0.1) is 22.1 Å². The fourth-order valence-electron chi connectivity index (χ4n) is 10.4. The third kappa shape index (κ3) is 4.46. The Morgan fingerprint density at radius 3 is 1.49 bits per heavy atom. The number of aromatic nitrogens is 5. The first kappa shape index (κ1) is 33.6. The fourth-order valence-corrected chi connectivity index (χ4v) is 12.9. The molecule has 0 bridgehead atoms. The van der Waals surface area contributed by atoms with Crippen LogP contribution in [0.15, 0.2) is 164 Å². The maximum atomic E-state index is 5.53. The second-order valence-corrected chi connectivity index (χ2v) is 18.9. The third-order valence-corrected chi connectivity index (χ3v) is 15.6. The van der Waals surface area contributed by atoms with E-state index in [1.165, 1.54) is 84.1 Å². The summed E-state index contributed by atoms with van der Waals surface area (Å²) in [6.07, 6.45) is 0. The lowest BCUT2D eigenvalue weighted by Gasteiger charge is -2.21. The van der Waals surface area contributed by atoms with Crippen molar-refractivity contribution in [2.24, 2.45) is 0 Å². The van der Waals surface area contributed by atoms with Gasteiger partial charge in [0.2, 0.25) is 11.9 Å². The number of benzene rings is 8. The van der Waals surface area contributed by atoms with Crippen molar-refractivity contribution in [3.05, 3.63) is 175 Å². The zero-order chi connectivity index (χ0) is 40.1. The van der Waals surface area contributed by atoms with Crippen molar-refractivity contribution in [2.75, 3.05) is 0 Å². The molecular weight excluding hydrogens is 783 g/mol. The normalized spacial score (nSPS) is 13.5. The molecule has 0 fully saturated rings. The summed E-state index contributed by atoms with van der Waals surface area (Å²) in [5.41, 5.74) is 10.2. The van der Waals surface area contributed by atoms with Crippen molar-refractivity contribution in [3.8, 4) is 34.4 Å². The number of hydrogen-bond acceptors (Lipinski definition) is 5. The fraction of sp³-hybridized carbons (Fsp3) is 0.0556. The van der Waals surface area contributed by atoms with E-state index in [0.29, 0.717) is 17.7 Å². The Morgan fingerprint density at radius 2 is 0.902 bits per heavy atom. The van der Waals surface area contributed by atoms with E-state index >= 15 is 0 Å². The van der Waals surface area contributed by atoms with Gasteiger partial charge in [0, 0.05) is 72.9 Å². The number of para-hydroxylation sites is 2. The monoisotopic (exact) mass is 815 g/mol. The zero-order valence-electron chi connectivity index (χ0n) is 33.1. The van der Waals surface area contributed by atoms with E-state index in [4.69, 9.17) is 15.0 Å². The molecule has 7 heteroatoms. The van der Waals surface area contributed by atoms with Crippen LogP contribution in [0.4, 0.5) is 0 Å². The lowest BCUT2D eigenvalue weighted by Crippen LogP contribution is -2.15. The van der Waals surface area contributed by atoms with Gasteiger partial charge in [-0.3, -0.25) is 9.13 Å². The van der Waals surface area contributed by atoms with E-state index < -0.39 is 0 Å². The number of nitrogens with zero attached hydrogens (tertiary/aromatic N) is 5. The van der Waals surface area contributed by atoms with Crippen LogP contribution in [0.25, 0.3) is 118 Å². The molecule has 0 spiro atoms. The van der Waals surface area contributed by atoms with Crippen LogP contribution in [-0.2, 0) is 5.41 Å². The molecule has 5 heterocycles. The Balaban J connectivity index is 1.09. The molecule has 0 atom stereocenters. The van der Waals surface area contributed by atoms with Crippen LogP contribution in [0.2, 0.25) is 0 Å². The van der Waals surface area contributed by atoms with Crippen LogP contribution < -0.4 is 0 Å². The molecule has 1 aliphatic rings. The van der Waals surface area contributed by atoms with Crippen molar-refractivity contribution in [1.29, 1.82) is 0 Å². The van der Waals surface area contributed by atoms with E-state index in [2.05, 4.69) is 187 Å². The molecule has 0 N–H and O–H groups in total. The molecule has 13 aromatic rings. The van der Waals surface area contributed by atoms with Crippen LogP contribution >= 0.6 is 22.7 Å². The highest BCUT2D eigenvalue weighted by atomic mass is 32.1. The van der Waals surface area contributed by atoms with Gasteiger partial charge in [-0.1, -0.05) is 135 Å². The van der Waals surface area contributed by atoms with Crippen molar-refractivity contribution in [3.63, 3.8) is 0 Å². The topological polar surface area (TPSA) is 48.5 Å². The molecule has 5 aromatic heterocycles. The van der Waals surface area contributed by atoms with Crippen molar-refractivity contribution in [1.82, 2.24) is 24.1 Å². The van der Waals surface area contributed by atoms with Gasteiger partial charge in [0.15, 0.2) is 5.82 Å². The average molecular weight is 816 g/mol. The molecule has 1 aliphatic carbocycles. The summed E-state index contributed by atoms with van der Waals surface area (Å²) >= 11 is 3.71. The largest absolute Gasteiger partial charge is 0.278 e. The summed E-state index contributed by atoms with van der Waals surface area (Å²) in [5, 5.41) is 9.91. The Hall–Kier alpha value is -7.19. The average Bonchev–Trinajstić information content (AvgIpc) is 4.09. The minimum atomic E-state index is -0.175. The van der Waals surface area contributed by atoms with Crippen LogP contribution in [0.3, 0.4) is 0 Å². The Kier molecular flexibility index (Phi) is 6.60. The van der Waals surface area contributed by atoms with Gasteiger partial charge < -0.3 is 0 Å². The summed E-state index contributed by atoms with van der Waals surface area (Å²) in [6, 6.07) is 59.5.